The number of carbonyl (C=O) groups excluding carboxylic acids is 2. The zero-order chi connectivity index (χ0) is 21.6. The fourth-order valence-corrected chi connectivity index (χ4v) is 3.64. The van der Waals surface area contributed by atoms with Gasteiger partial charge in [-0.1, -0.05) is 66.2 Å². The maximum Gasteiger partial charge on any atom is 0.240 e. The van der Waals surface area contributed by atoms with E-state index in [1.165, 1.54) is 4.90 Å². The minimum atomic E-state index is -0.208. The number of aliphatic imine (C=N–C) groups is 1. The molecule has 1 aliphatic rings. The molecule has 0 saturated carbocycles. The SMILES string of the molecule is O=C(CN1C(=O)CC(c2ccccc2)=Nc2ccccc21)NCCc1ccc(Cl)cc1. The van der Waals surface area contributed by atoms with Crippen molar-refractivity contribution >= 4 is 40.5 Å². The summed E-state index contributed by atoms with van der Waals surface area (Å²) >= 11 is 5.91. The summed E-state index contributed by atoms with van der Waals surface area (Å²) in [6.07, 6.45) is 0.825. The Balaban J connectivity index is 1.46. The molecule has 0 bridgehead atoms. The molecule has 0 radical (unpaired) electrons. The zero-order valence-electron chi connectivity index (χ0n) is 16.9. The fraction of sp³-hybridized carbons (Fsp3) is 0.160. The predicted octanol–water partition coefficient (Wildman–Crippen LogP) is 4.56. The Labute approximate surface area is 186 Å². The van der Waals surface area contributed by atoms with E-state index in [0.29, 0.717) is 35.1 Å². The average Bonchev–Trinajstić information content (AvgIpc) is 2.92. The van der Waals surface area contributed by atoms with E-state index in [9.17, 15) is 9.59 Å². The van der Waals surface area contributed by atoms with Crippen LogP contribution in [0.25, 0.3) is 0 Å². The Bertz CT molecular complexity index is 1110. The van der Waals surface area contributed by atoms with Crippen molar-refractivity contribution in [2.24, 2.45) is 4.99 Å². The molecule has 2 amide bonds. The van der Waals surface area contributed by atoms with Gasteiger partial charge in [0.15, 0.2) is 0 Å². The van der Waals surface area contributed by atoms with Crippen molar-refractivity contribution in [1.82, 2.24) is 5.32 Å². The number of nitrogens with one attached hydrogen (secondary N) is 1. The van der Waals surface area contributed by atoms with Crippen LogP contribution in [0.3, 0.4) is 0 Å². The first-order valence-corrected chi connectivity index (χ1v) is 10.5. The molecule has 156 valence electrons. The number of hydrogen-bond donors (Lipinski definition) is 1. The molecule has 0 spiro atoms. The minimum absolute atomic E-state index is 0.0476. The number of benzene rings is 3. The molecule has 0 unspecified atom stereocenters. The highest BCUT2D eigenvalue weighted by atomic mass is 35.5. The summed E-state index contributed by atoms with van der Waals surface area (Å²) in [6.45, 7) is 0.434. The van der Waals surface area contributed by atoms with E-state index >= 15 is 0 Å². The Morgan fingerprint density at radius 1 is 0.968 bits per heavy atom. The molecular formula is C25H22ClN3O2. The summed E-state index contributed by atoms with van der Waals surface area (Å²) < 4.78 is 0. The second-order valence-corrected chi connectivity index (χ2v) is 7.73. The molecule has 1 N–H and O–H groups in total. The summed E-state index contributed by atoms with van der Waals surface area (Å²) in [5.41, 5.74) is 4.01. The number of nitrogens with zero attached hydrogens (tertiary/aromatic N) is 2. The highest BCUT2D eigenvalue weighted by molar-refractivity contribution is 6.30. The van der Waals surface area contributed by atoms with Gasteiger partial charge in [-0.05, 0) is 41.8 Å². The van der Waals surface area contributed by atoms with Gasteiger partial charge in [-0.25, -0.2) is 0 Å². The Hall–Kier alpha value is -3.44. The van der Waals surface area contributed by atoms with E-state index in [1.54, 1.807) is 0 Å². The molecule has 5 nitrogen and oxygen atoms in total. The number of amides is 2. The van der Waals surface area contributed by atoms with Crippen molar-refractivity contribution in [2.75, 3.05) is 18.0 Å². The van der Waals surface area contributed by atoms with E-state index < -0.39 is 0 Å². The summed E-state index contributed by atoms with van der Waals surface area (Å²) in [5.74, 6) is -0.360. The second-order valence-electron chi connectivity index (χ2n) is 7.30. The molecule has 3 aromatic carbocycles. The van der Waals surface area contributed by atoms with Gasteiger partial charge in [0.1, 0.15) is 6.54 Å². The molecule has 0 aromatic heterocycles. The van der Waals surface area contributed by atoms with E-state index in [4.69, 9.17) is 16.6 Å². The first-order chi connectivity index (χ1) is 15.1. The van der Waals surface area contributed by atoms with Crippen LogP contribution in [-0.4, -0.2) is 30.6 Å². The van der Waals surface area contributed by atoms with Crippen LogP contribution in [0.15, 0.2) is 83.9 Å². The molecule has 1 aliphatic heterocycles. The van der Waals surface area contributed by atoms with E-state index in [1.807, 2.05) is 78.9 Å². The first kappa shape index (κ1) is 20.8. The molecule has 31 heavy (non-hydrogen) atoms. The van der Waals surface area contributed by atoms with Crippen LogP contribution in [0.2, 0.25) is 5.02 Å². The largest absolute Gasteiger partial charge is 0.354 e. The molecule has 0 aliphatic carbocycles. The molecule has 3 aromatic rings. The highest BCUT2D eigenvalue weighted by Crippen LogP contribution is 2.32. The lowest BCUT2D eigenvalue weighted by Gasteiger charge is -2.22. The lowest BCUT2D eigenvalue weighted by atomic mass is 10.1. The Morgan fingerprint density at radius 3 is 2.45 bits per heavy atom. The minimum Gasteiger partial charge on any atom is -0.354 e. The van der Waals surface area contributed by atoms with Gasteiger partial charge in [0.2, 0.25) is 11.8 Å². The third-order valence-corrected chi connectivity index (χ3v) is 5.36. The quantitative estimate of drug-likeness (QED) is 0.622. The van der Waals surface area contributed by atoms with Gasteiger partial charge < -0.3 is 10.2 Å². The maximum atomic E-state index is 13.1. The van der Waals surface area contributed by atoms with E-state index in [0.717, 1.165) is 11.1 Å². The second kappa shape index (κ2) is 9.58. The summed E-state index contributed by atoms with van der Waals surface area (Å²) in [5, 5.41) is 3.59. The molecule has 0 saturated heterocycles. The molecular weight excluding hydrogens is 410 g/mol. The van der Waals surface area contributed by atoms with Gasteiger partial charge in [-0.2, -0.15) is 0 Å². The lowest BCUT2D eigenvalue weighted by molar-refractivity contribution is -0.123. The molecule has 1 heterocycles. The monoisotopic (exact) mass is 431 g/mol. The van der Waals surface area contributed by atoms with Crippen LogP contribution < -0.4 is 10.2 Å². The smallest absolute Gasteiger partial charge is 0.240 e. The molecule has 4 rings (SSSR count). The molecule has 0 fully saturated rings. The van der Waals surface area contributed by atoms with Gasteiger partial charge in [0, 0.05) is 11.6 Å². The van der Waals surface area contributed by atoms with Crippen molar-refractivity contribution in [2.45, 2.75) is 12.8 Å². The fourth-order valence-electron chi connectivity index (χ4n) is 3.51. The number of hydrogen-bond acceptors (Lipinski definition) is 3. The van der Waals surface area contributed by atoms with Gasteiger partial charge in [0.05, 0.1) is 23.5 Å². The van der Waals surface area contributed by atoms with Crippen molar-refractivity contribution in [1.29, 1.82) is 0 Å². The van der Waals surface area contributed by atoms with E-state index in [-0.39, 0.29) is 24.8 Å². The number of carbonyl (C=O) groups is 2. The van der Waals surface area contributed by atoms with Crippen molar-refractivity contribution < 1.29 is 9.59 Å². The maximum absolute atomic E-state index is 13.1. The average molecular weight is 432 g/mol. The van der Waals surface area contributed by atoms with Gasteiger partial charge >= 0.3 is 0 Å². The van der Waals surface area contributed by atoms with Crippen LogP contribution in [0.4, 0.5) is 11.4 Å². The Kier molecular flexibility index (Phi) is 6.43. The first-order valence-electron chi connectivity index (χ1n) is 10.1. The number of para-hydroxylation sites is 2. The molecule has 6 heteroatoms. The number of anilines is 1. The summed E-state index contributed by atoms with van der Waals surface area (Å²) in [4.78, 5) is 31.9. The topological polar surface area (TPSA) is 61.8 Å². The van der Waals surface area contributed by atoms with Crippen LogP contribution in [-0.2, 0) is 16.0 Å². The Morgan fingerprint density at radius 2 is 1.68 bits per heavy atom. The number of halogens is 1. The van der Waals surface area contributed by atoms with Gasteiger partial charge in [-0.15, -0.1) is 0 Å². The van der Waals surface area contributed by atoms with Crippen LogP contribution in [0, 0.1) is 0 Å². The normalized spacial score (nSPS) is 13.3. The summed E-state index contributed by atoms with van der Waals surface area (Å²) in [6, 6.07) is 24.6. The van der Waals surface area contributed by atoms with Crippen LogP contribution in [0.5, 0.6) is 0 Å². The standard InChI is InChI=1S/C25H22ClN3O2/c26-20-12-10-18(11-13-20)14-15-27-24(30)17-29-23-9-5-4-8-21(23)28-22(16-25(29)31)19-6-2-1-3-7-19/h1-13H,14-17H2,(H,27,30). The van der Waals surface area contributed by atoms with Gasteiger partial charge in [-0.3, -0.25) is 14.6 Å². The third kappa shape index (κ3) is 5.19. The van der Waals surface area contributed by atoms with Crippen LogP contribution in [0.1, 0.15) is 17.5 Å². The third-order valence-electron chi connectivity index (χ3n) is 5.11. The lowest BCUT2D eigenvalue weighted by Crippen LogP contribution is -2.41. The summed E-state index contributed by atoms with van der Waals surface area (Å²) in [7, 11) is 0. The predicted molar refractivity (Wildman–Crippen MR) is 124 cm³/mol. The van der Waals surface area contributed by atoms with Crippen LogP contribution >= 0.6 is 11.6 Å². The number of fused-ring (bicyclic) bond motifs is 1. The van der Waals surface area contributed by atoms with Crippen molar-refractivity contribution in [3.63, 3.8) is 0 Å². The van der Waals surface area contributed by atoms with Gasteiger partial charge in [0.25, 0.3) is 0 Å². The van der Waals surface area contributed by atoms with Crippen molar-refractivity contribution in [3.8, 4) is 0 Å². The van der Waals surface area contributed by atoms with Crippen molar-refractivity contribution in [3.05, 3.63) is 95.0 Å². The zero-order valence-corrected chi connectivity index (χ0v) is 17.7. The number of rotatable bonds is 6. The molecule has 0 atom stereocenters. The highest BCUT2D eigenvalue weighted by Gasteiger charge is 2.26. The van der Waals surface area contributed by atoms with E-state index in [2.05, 4.69) is 5.32 Å².